The lowest BCUT2D eigenvalue weighted by molar-refractivity contribution is -0.122. The first-order chi connectivity index (χ1) is 15.2. The Kier molecular flexibility index (Phi) is 5.67. The number of barbiturate groups is 1. The number of anilines is 1. The monoisotopic (exact) mass is 467 g/mol. The number of rotatable bonds is 3. The Hall–Kier alpha value is -3.35. The van der Waals surface area contributed by atoms with Crippen LogP contribution in [0.1, 0.15) is 22.5 Å². The summed E-state index contributed by atoms with van der Waals surface area (Å²) >= 11 is 12.5. The van der Waals surface area contributed by atoms with Crippen LogP contribution in [0.3, 0.4) is 0 Å². The molecule has 8 heteroatoms. The Labute approximate surface area is 195 Å². The fraction of sp³-hybridized carbons (Fsp3) is 0.125. The molecule has 0 radical (unpaired) electrons. The third kappa shape index (κ3) is 3.72. The van der Waals surface area contributed by atoms with E-state index < -0.39 is 17.8 Å². The lowest BCUT2D eigenvalue weighted by atomic mass is 10.1. The molecule has 1 N–H and O–H groups in total. The fourth-order valence-electron chi connectivity index (χ4n) is 3.71. The van der Waals surface area contributed by atoms with Crippen molar-refractivity contribution in [3.63, 3.8) is 0 Å². The van der Waals surface area contributed by atoms with E-state index in [-0.39, 0.29) is 11.3 Å². The van der Waals surface area contributed by atoms with Crippen molar-refractivity contribution in [2.75, 3.05) is 4.90 Å². The lowest BCUT2D eigenvalue weighted by Gasteiger charge is -2.26. The second-order valence-electron chi connectivity index (χ2n) is 7.50. The molecule has 1 fully saturated rings. The molecule has 0 saturated carbocycles. The van der Waals surface area contributed by atoms with Crippen LogP contribution in [0.5, 0.6) is 0 Å². The summed E-state index contributed by atoms with van der Waals surface area (Å²) in [5.41, 5.74) is 4.06. The summed E-state index contributed by atoms with van der Waals surface area (Å²) < 4.78 is 1.95. The van der Waals surface area contributed by atoms with Crippen LogP contribution in [0, 0.1) is 20.8 Å². The van der Waals surface area contributed by atoms with Gasteiger partial charge in [-0.3, -0.25) is 14.9 Å². The highest BCUT2D eigenvalue weighted by atomic mass is 35.5. The van der Waals surface area contributed by atoms with Crippen LogP contribution in [0.2, 0.25) is 10.0 Å². The van der Waals surface area contributed by atoms with E-state index in [9.17, 15) is 14.4 Å². The average Bonchev–Trinajstić information content (AvgIpc) is 3.01. The van der Waals surface area contributed by atoms with Gasteiger partial charge in [-0.15, -0.1) is 0 Å². The number of aromatic nitrogens is 1. The first-order valence-corrected chi connectivity index (χ1v) is 10.6. The van der Waals surface area contributed by atoms with Crippen LogP contribution in [-0.4, -0.2) is 22.4 Å². The molecule has 2 heterocycles. The Morgan fingerprint density at radius 2 is 1.62 bits per heavy atom. The number of para-hydroxylation sites is 1. The number of hydrogen-bond acceptors (Lipinski definition) is 3. The van der Waals surface area contributed by atoms with Gasteiger partial charge in [0, 0.05) is 16.4 Å². The number of imide groups is 2. The zero-order chi connectivity index (χ0) is 23.2. The van der Waals surface area contributed by atoms with Crippen molar-refractivity contribution in [2.45, 2.75) is 20.8 Å². The smallest absolute Gasteiger partial charge is 0.316 e. The zero-order valence-corrected chi connectivity index (χ0v) is 19.1. The summed E-state index contributed by atoms with van der Waals surface area (Å²) in [5, 5.41) is 3.22. The molecule has 6 nitrogen and oxygen atoms in total. The van der Waals surface area contributed by atoms with Gasteiger partial charge in [-0.1, -0.05) is 41.4 Å². The highest BCUT2D eigenvalue weighted by Crippen LogP contribution is 2.30. The Morgan fingerprint density at radius 3 is 2.31 bits per heavy atom. The summed E-state index contributed by atoms with van der Waals surface area (Å²) in [7, 11) is 0. The van der Waals surface area contributed by atoms with Crippen molar-refractivity contribution in [2.24, 2.45) is 0 Å². The van der Waals surface area contributed by atoms with Crippen molar-refractivity contribution in [3.05, 3.63) is 86.7 Å². The van der Waals surface area contributed by atoms with Gasteiger partial charge in [-0.2, -0.15) is 0 Å². The van der Waals surface area contributed by atoms with Gasteiger partial charge in [0.05, 0.1) is 16.4 Å². The predicted octanol–water partition coefficient (Wildman–Crippen LogP) is 5.38. The van der Waals surface area contributed by atoms with Gasteiger partial charge in [-0.25, -0.2) is 9.69 Å². The molecule has 162 valence electrons. The normalized spacial score (nSPS) is 15.5. The third-order valence-corrected chi connectivity index (χ3v) is 6.11. The molecule has 32 heavy (non-hydrogen) atoms. The van der Waals surface area contributed by atoms with Crippen LogP contribution < -0.4 is 10.2 Å². The topological polar surface area (TPSA) is 71.4 Å². The molecular weight excluding hydrogens is 449 g/mol. The summed E-state index contributed by atoms with van der Waals surface area (Å²) in [5.74, 6) is -1.47. The van der Waals surface area contributed by atoms with Gasteiger partial charge >= 0.3 is 6.03 Å². The van der Waals surface area contributed by atoms with Crippen molar-refractivity contribution < 1.29 is 14.4 Å². The largest absolute Gasteiger partial charge is 0.335 e. The molecular formula is C24H19Cl2N3O3. The molecule has 0 atom stereocenters. The molecule has 0 aliphatic carbocycles. The molecule has 0 spiro atoms. The Bertz CT molecular complexity index is 1320. The maximum Gasteiger partial charge on any atom is 0.335 e. The summed E-state index contributed by atoms with van der Waals surface area (Å²) in [4.78, 5) is 39.1. The molecule has 4 amide bonds. The van der Waals surface area contributed by atoms with E-state index in [1.165, 1.54) is 12.1 Å². The number of carbonyl (C=O) groups is 3. The van der Waals surface area contributed by atoms with Crippen molar-refractivity contribution in [1.82, 2.24) is 9.88 Å². The number of urea groups is 1. The summed E-state index contributed by atoms with van der Waals surface area (Å²) in [6, 6.07) is 13.3. The van der Waals surface area contributed by atoms with Crippen molar-refractivity contribution in [1.29, 1.82) is 0 Å². The Morgan fingerprint density at radius 1 is 0.906 bits per heavy atom. The van der Waals surface area contributed by atoms with Gasteiger partial charge in [0.15, 0.2) is 0 Å². The molecule has 4 rings (SSSR count). The van der Waals surface area contributed by atoms with E-state index in [0.717, 1.165) is 27.5 Å². The molecule has 1 saturated heterocycles. The zero-order valence-electron chi connectivity index (χ0n) is 17.6. The minimum atomic E-state index is -0.821. The van der Waals surface area contributed by atoms with Gasteiger partial charge in [0.25, 0.3) is 11.8 Å². The summed E-state index contributed by atoms with van der Waals surface area (Å²) in [6.07, 6.45) is 1.49. The quantitative estimate of drug-likeness (QED) is 0.415. The summed E-state index contributed by atoms with van der Waals surface area (Å²) in [6.45, 7) is 5.59. The third-order valence-electron chi connectivity index (χ3n) is 5.38. The predicted molar refractivity (Wildman–Crippen MR) is 125 cm³/mol. The number of amides is 4. The highest BCUT2D eigenvalue weighted by molar-refractivity contribution is 6.39. The van der Waals surface area contributed by atoms with Crippen LogP contribution in [0.4, 0.5) is 10.5 Å². The van der Waals surface area contributed by atoms with E-state index >= 15 is 0 Å². The molecule has 0 bridgehead atoms. The van der Waals surface area contributed by atoms with E-state index in [1.54, 1.807) is 18.2 Å². The van der Waals surface area contributed by atoms with E-state index in [1.807, 2.05) is 49.6 Å². The number of benzene rings is 2. The van der Waals surface area contributed by atoms with E-state index in [0.29, 0.717) is 15.6 Å². The maximum absolute atomic E-state index is 13.2. The van der Waals surface area contributed by atoms with Crippen molar-refractivity contribution >= 4 is 52.8 Å². The molecule has 1 aromatic heterocycles. The first kappa shape index (κ1) is 21.9. The van der Waals surface area contributed by atoms with Crippen molar-refractivity contribution in [3.8, 4) is 5.69 Å². The molecule has 1 aliphatic rings. The van der Waals surface area contributed by atoms with E-state index in [2.05, 4.69) is 5.32 Å². The number of nitrogens with one attached hydrogen (secondary N) is 1. The minimum Gasteiger partial charge on any atom is -0.316 e. The number of carbonyl (C=O) groups excluding carboxylic acids is 3. The van der Waals surface area contributed by atoms with Crippen LogP contribution in [0.25, 0.3) is 11.8 Å². The minimum absolute atomic E-state index is 0.152. The van der Waals surface area contributed by atoms with Gasteiger partial charge < -0.3 is 4.57 Å². The van der Waals surface area contributed by atoms with Gasteiger partial charge in [0.1, 0.15) is 5.57 Å². The second-order valence-corrected chi connectivity index (χ2v) is 8.32. The molecule has 1 aliphatic heterocycles. The van der Waals surface area contributed by atoms with Crippen LogP contribution >= 0.6 is 23.2 Å². The number of aryl methyl sites for hydroxylation is 2. The SMILES string of the molecule is Cc1ccc(N2C(=O)NC(=O)/C(=C/c3cc(C)n(-c4ccccc4Cl)c3C)C2=O)cc1Cl. The first-order valence-electron chi connectivity index (χ1n) is 9.80. The standard InChI is InChI=1S/C24H19Cl2N3O3/c1-13-8-9-17(12-20(13)26)29-23(31)18(22(30)27-24(29)32)11-16-10-14(2)28(15(16)3)21-7-5-4-6-19(21)25/h4-12H,1-3H3,(H,27,30,32)/b18-11-. The number of halogens is 2. The average molecular weight is 468 g/mol. The second kappa shape index (κ2) is 8.30. The van der Waals surface area contributed by atoms with Gasteiger partial charge in [0.2, 0.25) is 0 Å². The Balaban J connectivity index is 1.78. The van der Waals surface area contributed by atoms with Gasteiger partial charge in [-0.05, 0) is 68.3 Å². The van der Waals surface area contributed by atoms with E-state index in [4.69, 9.17) is 23.2 Å². The van der Waals surface area contributed by atoms with Crippen LogP contribution in [-0.2, 0) is 9.59 Å². The molecule has 3 aromatic rings. The van der Waals surface area contributed by atoms with Crippen LogP contribution in [0.15, 0.2) is 54.1 Å². The fourth-order valence-corrected chi connectivity index (χ4v) is 4.10. The number of hydrogen-bond donors (Lipinski definition) is 1. The number of nitrogens with zero attached hydrogens (tertiary/aromatic N) is 2. The highest BCUT2D eigenvalue weighted by Gasteiger charge is 2.37. The molecule has 0 unspecified atom stereocenters. The molecule has 2 aromatic carbocycles. The maximum atomic E-state index is 13.2. The lowest BCUT2D eigenvalue weighted by Crippen LogP contribution is -2.54.